The monoisotopic (exact) mass is 349 g/mol. The lowest BCUT2D eigenvalue weighted by Gasteiger charge is -2.11. The molecule has 6 nitrogen and oxygen atoms in total. The minimum absolute atomic E-state index is 0.0182. The van der Waals surface area contributed by atoms with Crippen molar-refractivity contribution in [2.45, 2.75) is 27.2 Å². The van der Waals surface area contributed by atoms with E-state index in [9.17, 15) is 4.79 Å². The Morgan fingerprint density at radius 2 is 2.04 bits per heavy atom. The first-order valence-electron chi connectivity index (χ1n) is 8.31. The molecule has 0 bridgehead atoms. The molecule has 132 valence electrons. The first-order chi connectivity index (χ1) is 11.4. The van der Waals surface area contributed by atoms with Gasteiger partial charge in [0.15, 0.2) is 0 Å². The van der Waals surface area contributed by atoms with E-state index in [0.717, 1.165) is 46.0 Å². The van der Waals surface area contributed by atoms with Gasteiger partial charge in [0, 0.05) is 19.6 Å². The number of aromatic nitrogens is 2. The van der Waals surface area contributed by atoms with Gasteiger partial charge in [-0.15, -0.1) is 11.3 Å². The molecule has 7 heteroatoms. The molecule has 2 aromatic heterocycles. The van der Waals surface area contributed by atoms with Gasteiger partial charge >= 0.3 is 0 Å². The van der Waals surface area contributed by atoms with E-state index in [1.165, 1.54) is 11.3 Å². The molecule has 0 aliphatic heterocycles. The van der Waals surface area contributed by atoms with Gasteiger partial charge in [0.05, 0.1) is 10.3 Å². The normalized spacial score (nSPS) is 11.5. The van der Waals surface area contributed by atoms with Crippen LogP contribution in [0.4, 0.5) is 5.82 Å². The van der Waals surface area contributed by atoms with Gasteiger partial charge in [-0.1, -0.05) is 13.8 Å². The first kappa shape index (κ1) is 18.6. The van der Waals surface area contributed by atoms with Gasteiger partial charge in [0.25, 0.3) is 5.91 Å². The van der Waals surface area contributed by atoms with Crippen molar-refractivity contribution in [1.29, 1.82) is 0 Å². The van der Waals surface area contributed by atoms with Crippen molar-refractivity contribution >= 4 is 33.3 Å². The molecule has 0 aliphatic carbocycles. The lowest BCUT2D eigenvalue weighted by molar-refractivity contribution is 0.0955. The smallest absolute Gasteiger partial charge is 0.261 e. The third kappa shape index (κ3) is 4.64. The van der Waals surface area contributed by atoms with Gasteiger partial charge in [0.1, 0.15) is 17.0 Å². The number of likely N-dealkylation sites (N-methyl/N-ethyl adjacent to an activating group) is 1. The first-order valence-corrected chi connectivity index (χ1v) is 9.12. The third-order valence-electron chi connectivity index (χ3n) is 3.79. The predicted molar refractivity (Wildman–Crippen MR) is 101 cm³/mol. The number of hydrogen-bond donors (Lipinski definition) is 2. The van der Waals surface area contributed by atoms with Gasteiger partial charge in [-0.2, -0.15) is 0 Å². The van der Waals surface area contributed by atoms with Crippen LogP contribution in [0, 0.1) is 12.8 Å². The molecule has 1 amide bonds. The fraction of sp³-hybridized carbons (Fsp3) is 0.588. The maximum atomic E-state index is 12.5. The molecular weight excluding hydrogens is 322 g/mol. The average Bonchev–Trinajstić information content (AvgIpc) is 2.84. The van der Waals surface area contributed by atoms with Crippen molar-refractivity contribution in [3.05, 3.63) is 16.8 Å². The van der Waals surface area contributed by atoms with Crippen molar-refractivity contribution in [2.24, 2.45) is 5.92 Å². The fourth-order valence-corrected chi connectivity index (χ4v) is 3.44. The fourth-order valence-electron chi connectivity index (χ4n) is 2.37. The molecule has 0 unspecified atom stereocenters. The number of fused-ring (bicyclic) bond motifs is 1. The summed E-state index contributed by atoms with van der Waals surface area (Å²) >= 11 is 1.43. The lowest BCUT2D eigenvalue weighted by Crippen LogP contribution is -2.25. The Hall–Kier alpha value is -1.73. The summed E-state index contributed by atoms with van der Waals surface area (Å²) in [5.41, 5.74) is 0.949. The van der Waals surface area contributed by atoms with Crippen molar-refractivity contribution in [2.75, 3.05) is 39.0 Å². The van der Waals surface area contributed by atoms with Crippen molar-refractivity contribution < 1.29 is 4.79 Å². The number of thiophene rings is 1. The number of rotatable bonds is 8. The Kier molecular flexibility index (Phi) is 6.51. The van der Waals surface area contributed by atoms with Gasteiger partial charge in [-0.3, -0.25) is 4.79 Å². The third-order valence-corrected chi connectivity index (χ3v) is 4.99. The summed E-state index contributed by atoms with van der Waals surface area (Å²) in [6.07, 6.45) is 2.53. The number of carbonyl (C=O) groups is 1. The van der Waals surface area contributed by atoms with Gasteiger partial charge in [-0.05, 0) is 38.9 Å². The van der Waals surface area contributed by atoms with E-state index < -0.39 is 0 Å². The zero-order valence-electron chi connectivity index (χ0n) is 15.1. The van der Waals surface area contributed by atoms with E-state index in [0.29, 0.717) is 12.5 Å². The zero-order chi connectivity index (χ0) is 17.7. The number of amides is 1. The van der Waals surface area contributed by atoms with Crippen LogP contribution in [-0.2, 0) is 0 Å². The summed E-state index contributed by atoms with van der Waals surface area (Å²) in [6, 6.07) is 0. The molecule has 0 fully saturated rings. The van der Waals surface area contributed by atoms with Crippen LogP contribution in [0.25, 0.3) is 10.2 Å². The van der Waals surface area contributed by atoms with Crippen molar-refractivity contribution in [3.8, 4) is 0 Å². The van der Waals surface area contributed by atoms with Gasteiger partial charge in [-0.25, -0.2) is 9.97 Å². The van der Waals surface area contributed by atoms with E-state index in [4.69, 9.17) is 0 Å². The maximum absolute atomic E-state index is 12.5. The molecule has 0 saturated heterocycles. The summed E-state index contributed by atoms with van der Waals surface area (Å²) < 4.78 is 0. The van der Waals surface area contributed by atoms with Gasteiger partial charge < -0.3 is 15.5 Å². The largest absolute Gasteiger partial charge is 0.368 e. The average molecular weight is 350 g/mol. The second-order valence-electron chi connectivity index (χ2n) is 6.63. The molecule has 0 aliphatic rings. The van der Waals surface area contributed by atoms with E-state index in [2.05, 4.69) is 39.3 Å². The second kappa shape index (κ2) is 8.39. The van der Waals surface area contributed by atoms with Crippen LogP contribution < -0.4 is 10.6 Å². The summed E-state index contributed by atoms with van der Waals surface area (Å²) in [5, 5.41) is 7.31. The number of hydrogen-bond acceptors (Lipinski definition) is 6. The highest BCUT2D eigenvalue weighted by molar-refractivity contribution is 7.20. The SMILES string of the molecule is Cc1c(C(=O)NCCC(C)C)sc2ncnc(NCCN(C)C)c12. The molecule has 0 saturated carbocycles. The molecule has 2 rings (SSSR count). The standard InChI is InChI=1S/C17H27N5OS/c1-11(2)6-7-19-16(23)14-12(3)13-15(18-8-9-22(4)5)20-10-21-17(13)24-14/h10-11H,6-9H2,1-5H3,(H,19,23)(H,18,20,21). The molecule has 2 heterocycles. The summed E-state index contributed by atoms with van der Waals surface area (Å²) in [4.78, 5) is 24.8. The Morgan fingerprint density at radius 3 is 2.71 bits per heavy atom. The van der Waals surface area contributed by atoms with Crippen molar-refractivity contribution in [1.82, 2.24) is 20.2 Å². The van der Waals surface area contributed by atoms with Gasteiger partial charge in [0.2, 0.25) is 0 Å². The summed E-state index contributed by atoms with van der Waals surface area (Å²) in [5.74, 6) is 1.36. The Labute approximate surface area is 147 Å². The van der Waals surface area contributed by atoms with Crippen LogP contribution in [0.15, 0.2) is 6.33 Å². The minimum Gasteiger partial charge on any atom is -0.368 e. The molecule has 2 aromatic rings. The van der Waals surface area contributed by atoms with Crippen LogP contribution in [-0.4, -0.2) is 54.5 Å². The number of nitrogens with zero attached hydrogens (tertiary/aromatic N) is 3. The van der Waals surface area contributed by atoms with Crippen LogP contribution in [0.2, 0.25) is 0 Å². The van der Waals surface area contributed by atoms with Crippen LogP contribution in [0.5, 0.6) is 0 Å². The highest BCUT2D eigenvalue weighted by Crippen LogP contribution is 2.33. The topological polar surface area (TPSA) is 70.1 Å². The lowest BCUT2D eigenvalue weighted by atomic mass is 10.1. The zero-order valence-corrected chi connectivity index (χ0v) is 16.0. The molecule has 0 aromatic carbocycles. The van der Waals surface area contributed by atoms with E-state index in [1.54, 1.807) is 6.33 Å². The number of carbonyl (C=O) groups excluding carboxylic acids is 1. The van der Waals surface area contributed by atoms with Crippen LogP contribution in [0.1, 0.15) is 35.5 Å². The molecule has 0 spiro atoms. The summed E-state index contributed by atoms with van der Waals surface area (Å²) in [6.45, 7) is 8.68. The second-order valence-corrected chi connectivity index (χ2v) is 7.63. The molecular formula is C17H27N5OS. The molecule has 0 radical (unpaired) electrons. The number of aryl methyl sites for hydroxylation is 1. The highest BCUT2D eigenvalue weighted by Gasteiger charge is 2.19. The van der Waals surface area contributed by atoms with Crippen molar-refractivity contribution in [3.63, 3.8) is 0 Å². The Morgan fingerprint density at radius 1 is 1.29 bits per heavy atom. The molecule has 2 N–H and O–H groups in total. The van der Waals surface area contributed by atoms with E-state index >= 15 is 0 Å². The predicted octanol–water partition coefficient (Wildman–Crippen LogP) is 2.75. The number of nitrogens with one attached hydrogen (secondary N) is 2. The maximum Gasteiger partial charge on any atom is 0.261 e. The van der Waals surface area contributed by atoms with E-state index in [1.807, 2.05) is 21.0 Å². The Balaban J connectivity index is 2.18. The molecule has 0 atom stereocenters. The van der Waals surface area contributed by atoms with E-state index in [-0.39, 0.29) is 5.91 Å². The number of anilines is 1. The van der Waals surface area contributed by atoms with Crippen LogP contribution >= 0.6 is 11.3 Å². The Bertz CT molecular complexity index is 696. The van der Waals surface area contributed by atoms with Crippen LogP contribution in [0.3, 0.4) is 0 Å². The molecule has 24 heavy (non-hydrogen) atoms. The summed E-state index contributed by atoms with van der Waals surface area (Å²) in [7, 11) is 4.07. The quantitative estimate of drug-likeness (QED) is 0.767. The minimum atomic E-state index is -0.0182. The highest BCUT2D eigenvalue weighted by atomic mass is 32.1.